The van der Waals surface area contributed by atoms with Gasteiger partial charge in [0, 0.05) is 0 Å². The van der Waals surface area contributed by atoms with Gasteiger partial charge in [-0.2, -0.15) is 0 Å². The van der Waals surface area contributed by atoms with Crippen LogP contribution in [0.3, 0.4) is 0 Å². The van der Waals surface area contributed by atoms with Crippen LogP contribution in [-0.4, -0.2) is 19.6 Å². The summed E-state index contributed by atoms with van der Waals surface area (Å²) in [5.74, 6) is 0.146. The van der Waals surface area contributed by atoms with E-state index in [0.717, 1.165) is 30.4 Å². The van der Waals surface area contributed by atoms with Gasteiger partial charge >= 0.3 is 5.97 Å². The van der Waals surface area contributed by atoms with Gasteiger partial charge in [0.25, 0.3) is 0 Å². The van der Waals surface area contributed by atoms with Crippen molar-refractivity contribution >= 4 is 5.97 Å². The molecular formula is C19H25NO2. The van der Waals surface area contributed by atoms with Crippen LogP contribution in [0.25, 0.3) is 11.1 Å². The van der Waals surface area contributed by atoms with Crippen molar-refractivity contribution in [3.8, 4) is 11.1 Å². The van der Waals surface area contributed by atoms with Gasteiger partial charge in [0.2, 0.25) is 0 Å². The van der Waals surface area contributed by atoms with Crippen LogP contribution in [-0.2, 0) is 11.2 Å². The van der Waals surface area contributed by atoms with Gasteiger partial charge in [0.05, 0.1) is 12.7 Å². The number of fused-ring (bicyclic) bond motifs is 1. The normalized spacial score (nSPS) is 11.1. The summed E-state index contributed by atoms with van der Waals surface area (Å²) in [7, 11) is 1.43. The Kier molecular flexibility index (Phi) is 5.56. The van der Waals surface area contributed by atoms with E-state index in [-0.39, 0.29) is 5.97 Å². The smallest absolute Gasteiger partial charge is 0.338 e. The average molecular weight is 299 g/mol. The quantitative estimate of drug-likeness (QED) is 0.648. The zero-order valence-electron chi connectivity index (χ0n) is 13.7. The summed E-state index contributed by atoms with van der Waals surface area (Å²) in [4.78, 5) is 12.1. The summed E-state index contributed by atoms with van der Waals surface area (Å²) in [6.45, 7) is 5.02. The topological polar surface area (TPSA) is 52.3 Å². The Hall–Kier alpha value is -1.87. The van der Waals surface area contributed by atoms with Crippen molar-refractivity contribution < 1.29 is 9.53 Å². The molecule has 22 heavy (non-hydrogen) atoms. The van der Waals surface area contributed by atoms with Gasteiger partial charge < -0.3 is 10.5 Å². The minimum Gasteiger partial charge on any atom is -0.465 e. The Morgan fingerprint density at radius 1 is 1.18 bits per heavy atom. The molecule has 0 atom stereocenters. The Morgan fingerprint density at radius 3 is 2.59 bits per heavy atom. The summed E-state index contributed by atoms with van der Waals surface area (Å²) >= 11 is 0. The molecule has 0 unspecified atom stereocenters. The van der Waals surface area contributed by atoms with Crippen LogP contribution in [0.15, 0.2) is 30.3 Å². The number of methoxy groups -OCH3 is 1. The standard InChI is InChI=1S/C19H25NO2/c1-13(2)14-8-6-9-16-15(7-4-5-10-20)12-18(17(16)11-14)19(21)22-3/h6,8-9,11-13H,4-5,7,10,20H2,1-3H3. The largest absolute Gasteiger partial charge is 0.465 e. The van der Waals surface area contributed by atoms with Gasteiger partial charge in [-0.1, -0.05) is 38.1 Å². The van der Waals surface area contributed by atoms with Crippen LogP contribution in [0.2, 0.25) is 0 Å². The third-order valence-corrected chi connectivity index (χ3v) is 4.08. The number of ether oxygens (including phenoxy) is 1. The second-order valence-corrected chi connectivity index (χ2v) is 5.97. The maximum Gasteiger partial charge on any atom is 0.338 e. The van der Waals surface area contributed by atoms with E-state index in [9.17, 15) is 4.79 Å². The van der Waals surface area contributed by atoms with Gasteiger partial charge in [-0.15, -0.1) is 0 Å². The summed E-state index contributed by atoms with van der Waals surface area (Å²) in [5.41, 5.74) is 10.8. The lowest BCUT2D eigenvalue weighted by Gasteiger charge is -2.05. The van der Waals surface area contributed by atoms with Crippen LogP contribution in [0, 0.1) is 0 Å². The molecule has 0 spiro atoms. The first-order chi connectivity index (χ1) is 10.6. The summed E-state index contributed by atoms with van der Waals surface area (Å²) < 4.78 is 4.96. The number of hydrogen-bond donors (Lipinski definition) is 1. The molecule has 2 aliphatic rings. The van der Waals surface area contributed by atoms with Crippen LogP contribution in [0.5, 0.6) is 0 Å². The van der Waals surface area contributed by atoms with Crippen LogP contribution in [0.1, 0.15) is 54.1 Å². The van der Waals surface area contributed by atoms with E-state index in [4.69, 9.17) is 10.5 Å². The molecule has 3 nitrogen and oxygen atoms in total. The second kappa shape index (κ2) is 7.41. The third kappa shape index (κ3) is 3.47. The highest BCUT2D eigenvalue weighted by Crippen LogP contribution is 2.35. The van der Waals surface area contributed by atoms with Gasteiger partial charge in [0.15, 0.2) is 0 Å². The van der Waals surface area contributed by atoms with Crippen LogP contribution < -0.4 is 5.73 Å². The van der Waals surface area contributed by atoms with Crippen molar-refractivity contribution in [1.82, 2.24) is 0 Å². The number of rotatable bonds is 6. The van der Waals surface area contributed by atoms with Crippen molar-refractivity contribution in [3.63, 3.8) is 0 Å². The number of aryl methyl sites for hydroxylation is 1. The Labute approximate surface area is 132 Å². The lowest BCUT2D eigenvalue weighted by molar-refractivity contribution is 0.0602. The van der Waals surface area contributed by atoms with Crippen LogP contribution in [0.4, 0.5) is 0 Å². The molecule has 2 N–H and O–H groups in total. The van der Waals surface area contributed by atoms with E-state index < -0.39 is 0 Å². The van der Waals surface area contributed by atoms with Crippen molar-refractivity contribution in [2.45, 2.75) is 39.0 Å². The number of esters is 1. The van der Waals surface area contributed by atoms with E-state index in [2.05, 4.69) is 38.1 Å². The van der Waals surface area contributed by atoms with E-state index in [1.165, 1.54) is 18.2 Å². The highest BCUT2D eigenvalue weighted by atomic mass is 16.5. The molecular weight excluding hydrogens is 274 g/mol. The number of nitrogens with two attached hydrogens (primary N) is 1. The average Bonchev–Trinajstić information content (AvgIpc) is 2.70. The fourth-order valence-corrected chi connectivity index (χ4v) is 2.77. The molecule has 3 heteroatoms. The minimum atomic E-state index is -0.268. The monoisotopic (exact) mass is 299 g/mol. The summed E-state index contributed by atoms with van der Waals surface area (Å²) in [5, 5.41) is 0. The first kappa shape index (κ1) is 16.5. The fourth-order valence-electron chi connectivity index (χ4n) is 2.77. The molecule has 0 bridgehead atoms. The minimum absolute atomic E-state index is 0.268. The molecule has 0 aromatic rings. The molecule has 0 amide bonds. The van der Waals surface area contributed by atoms with Gasteiger partial charge in [-0.25, -0.2) is 4.79 Å². The zero-order valence-corrected chi connectivity index (χ0v) is 13.7. The molecule has 118 valence electrons. The Balaban J connectivity index is 2.50. The highest BCUT2D eigenvalue weighted by molar-refractivity contribution is 6.00. The van der Waals surface area contributed by atoms with Crippen molar-refractivity contribution in [1.29, 1.82) is 0 Å². The number of hydrogen-bond acceptors (Lipinski definition) is 3. The maximum atomic E-state index is 12.1. The molecule has 0 saturated carbocycles. The lowest BCUT2D eigenvalue weighted by Crippen LogP contribution is -2.00. The van der Waals surface area contributed by atoms with E-state index in [0.29, 0.717) is 18.0 Å². The van der Waals surface area contributed by atoms with E-state index >= 15 is 0 Å². The van der Waals surface area contributed by atoms with Gasteiger partial charge in [-0.05, 0) is 60.0 Å². The van der Waals surface area contributed by atoms with Crippen molar-refractivity contribution in [3.05, 3.63) is 47.0 Å². The first-order valence-electron chi connectivity index (χ1n) is 7.92. The van der Waals surface area contributed by atoms with E-state index in [1.807, 2.05) is 6.07 Å². The molecule has 2 aliphatic carbocycles. The number of carbonyl (C=O) groups is 1. The molecule has 0 fully saturated rings. The molecule has 2 rings (SSSR count). The van der Waals surface area contributed by atoms with Crippen molar-refractivity contribution in [2.75, 3.05) is 13.7 Å². The predicted octanol–water partition coefficient (Wildman–Crippen LogP) is 3.98. The maximum absolute atomic E-state index is 12.1. The van der Waals surface area contributed by atoms with Gasteiger partial charge in [0.1, 0.15) is 0 Å². The molecule has 0 aromatic carbocycles. The number of unbranched alkanes of at least 4 members (excludes halogenated alkanes) is 1. The molecule has 0 aliphatic heterocycles. The molecule has 0 radical (unpaired) electrons. The lowest BCUT2D eigenvalue weighted by atomic mass is 10.0. The van der Waals surface area contributed by atoms with E-state index in [1.54, 1.807) is 0 Å². The first-order valence-corrected chi connectivity index (χ1v) is 7.92. The highest BCUT2D eigenvalue weighted by Gasteiger charge is 2.20. The third-order valence-electron chi connectivity index (χ3n) is 4.08. The Bertz CT molecular complexity index is 619. The van der Waals surface area contributed by atoms with Crippen LogP contribution >= 0.6 is 0 Å². The Morgan fingerprint density at radius 2 is 1.95 bits per heavy atom. The molecule has 0 aromatic heterocycles. The molecule has 0 heterocycles. The van der Waals surface area contributed by atoms with Crippen molar-refractivity contribution in [2.24, 2.45) is 5.73 Å². The second-order valence-electron chi connectivity index (χ2n) is 5.97. The fraction of sp³-hybridized carbons (Fsp3) is 0.421. The molecule has 0 saturated heterocycles. The van der Waals surface area contributed by atoms with Gasteiger partial charge in [-0.3, -0.25) is 0 Å². The summed E-state index contributed by atoms with van der Waals surface area (Å²) in [6.07, 6.45) is 2.97. The zero-order chi connectivity index (χ0) is 16.1. The SMILES string of the molecule is COC(=O)c1cc(CCCCN)c2cccc(C(C)C)cc1-2. The predicted molar refractivity (Wildman–Crippen MR) is 90.5 cm³/mol. The number of carbonyl (C=O) groups excluding carboxylic acids is 1. The summed E-state index contributed by atoms with van der Waals surface area (Å²) in [6, 6.07) is 10.4.